The molecule has 0 bridgehead atoms. The van der Waals surface area contributed by atoms with Crippen LogP contribution in [0.2, 0.25) is 0 Å². The number of nitro benzene ring substituents is 1. The summed E-state index contributed by atoms with van der Waals surface area (Å²) in [5.41, 5.74) is 1.00. The summed E-state index contributed by atoms with van der Waals surface area (Å²) < 4.78 is 5.45. The molecule has 0 aromatic heterocycles. The van der Waals surface area contributed by atoms with Crippen LogP contribution in [0.1, 0.15) is 40.4 Å². The van der Waals surface area contributed by atoms with Crippen LogP contribution in [0.15, 0.2) is 48.5 Å². The number of nitrogens with zero attached hydrogens (tertiary/aromatic N) is 1. The molecule has 2 aromatic carbocycles. The van der Waals surface area contributed by atoms with Gasteiger partial charge in [-0.3, -0.25) is 14.9 Å². The van der Waals surface area contributed by atoms with Crippen LogP contribution in [0.4, 0.5) is 5.69 Å². The lowest BCUT2D eigenvalue weighted by atomic mass is 10.1. The van der Waals surface area contributed by atoms with Crippen molar-refractivity contribution in [1.82, 2.24) is 5.32 Å². The highest BCUT2D eigenvalue weighted by Crippen LogP contribution is 2.25. The lowest BCUT2D eigenvalue weighted by Crippen LogP contribution is -2.33. The van der Waals surface area contributed by atoms with Crippen LogP contribution in [0, 0.1) is 17.0 Å². The molecule has 1 atom stereocenters. The number of carbonyl (C=O) groups is 2. The molecule has 1 saturated carbocycles. The van der Waals surface area contributed by atoms with Gasteiger partial charge in [-0.25, -0.2) is 4.79 Å². The van der Waals surface area contributed by atoms with Gasteiger partial charge in [0.25, 0.3) is 11.6 Å². The third-order valence-electron chi connectivity index (χ3n) is 4.12. The van der Waals surface area contributed by atoms with Gasteiger partial charge in [0.1, 0.15) is 0 Å². The van der Waals surface area contributed by atoms with E-state index in [1.54, 1.807) is 37.3 Å². The van der Waals surface area contributed by atoms with Gasteiger partial charge in [0.2, 0.25) is 6.10 Å². The van der Waals surface area contributed by atoms with Crippen molar-refractivity contribution >= 4 is 17.6 Å². The van der Waals surface area contributed by atoms with Crippen molar-refractivity contribution in [2.24, 2.45) is 0 Å². The minimum absolute atomic E-state index is 0.0763. The zero-order chi connectivity index (χ0) is 18.7. The van der Waals surface area contributed by atoms with E-state index in [0.717, 1.165) is 12.8 Å². The lowest BCUT2D eigenvalue weighted by Gasteiger charge is -2.18. The Kier molecular flexibility index (Phi) is 4.97. The second-order valence-electron chi connectivity index (χ2n) is 6.24. The van der Waals surface area contributed by atoms with Crippen molar-refractivity contribution in [2.75, 3.05) is 0 Å². The van der Waals surface area contributed by atoms with Gasteiger partial charge in [-0.1, -0.05) is 30.3 Å². The molecule has 0 spiro atoms. The molecule has 134 valence electrons. The molecule has 3 rings (SSSR count). The Balaban J connectivity index is 1.81. The Hall–Kier alpha value is -3.22. The molecule has 0 aliphatic heterocycles. The number of ether oxygens (including phenoxy) is 1. The van der Waals surface area contributed by atoms with Crippen LogP contribution in [0.5, 0.6) is 0 Å². The predicted octanol–water partition coefficient (Wildman–Crippen LogP) is 3.08. The number of amides is 1. The van der Waals surface area contributed by atoms with Gasteiger partial charge in [-0.15, -0.1) is 0 Å². The Morgan fingerprint density at radius 2 is 1.88 bits per heavy atom. The number of benzene rings is 2. The SMILES string of the molecule is Cc1cc(C(=O)OC(C(=O)NC2CC2)c2ccccc2)ccc1[N+](=O)[O-]. The smallest absolute Gasteiger partial charge is 0.339 e. The minimum atomic E-state index is -1.07. The van der Waals surface area contributed by atoms with Crippen LogP contribution in [0.25, 0.3) is 0 Å². The molecule has 0 radical (unpaired) electrons. The maximum Gasteiger partial charge on any atom is 0.339 e. The molecule has 1 unspecified atom stereocenters. The quantitative estimate of drug-likeness (QED) is 0.488. The first-order valence-corrected chi connectivity index (χ1v) is 8.27. The lowest BCUT2D eigenvalue weighted by molar-refractivity contribution is -0.385. The van der Waals surface area contributed by atoms with Crippen LogP contribution < -0.4 is 5.32 Å². The largest absolute Gasteiger partial charge is 0.444 e. The molecule has 26 heavy (non-hydrogen) atoms. The molecule has 7 nitrogen and oxygen atoms in total. The molecule has 0 saturated heterocycles. The van der Waals surface area contributed by atoms with E-state index < -0.39 is 17.0 Å². The van der Waals surface area contributed by atoms with Crippen LogP contribution >= 0.6 is 0 Å². The predicted molar refractivity (Wildman–Crippen MR) is 93.6 cm³/mol. The summed E-state index contributed by atoms with van der Waals surface area (Å²) in [5.74, 6) is -1.08. The van der Waals surface area contributed by atoms with Gasteiger partial charge >= 0.3 is 5.97 Å². The van der Waals surface area contributed by atoms with Gasteiger partial charge in [-0.2, -0.15) is 0 Å². The number of esters is 1. The number of nitrogens with one attached hydrogen (secondary N) is 1. The number of rotatable bonds is 6. The van der Waals surface area contributed by atoms with E-state index in [9.17, 15) is 19.7 Å². The van der Waals surface area contributed by atoms with Gasteiger partial charge in [0.15, 0.2) is 0 Å². The summed E-state index contributed by atoms with van der Waals surface area (Å²) in [6, 6.07) is 12.9. The second kappa shape index (κ2) is 7.35. The summed E-state index contributed by atoms with van der Waals surface area (Å²) >= 11 is 0. The third kappa shape index (κ3) is 4.05. The highest BCUT2D eigenvalue weighted by Gasteiger charge is 2.31. The standard InChI is InChI=1S/C19H18N2O5/c1-12-11-14(7-10-16(12)21(24)25)19(23)26-17(13-5-3-2-4-6-13)18(22)20-15-8-9-15/h2-7,10-11,15,17H,8-9H2,1H3,(H,20,22). The van der Waals surface area contributed by atoms with Crippen molar-refractivity contribution in [3.05, 3.63) is 75.3 Å². The molecule has 1 fully saturated rings. The molecular weight excluding hydrogens is 336 g/mol. The summed E-state index contributed by atoms with van der Waals surface area (Å²) in [7, 11) is 0. The first kappa shape index (κ1) is 17.6. The van der Waals surface area contributed by atoms with Crippen LogP contribution in [-0.2, 0) is 9.53 Å². The van der Waals surface area contributed by atoms with E-state index in [0.29, 0.717) is 11.1 Å². The average Bonchev–Trinajstić information content (AvgIpc) is 3.43. The Labute approximate surface area is 150 Å². The molecule has 1 amide bonds. The zero-order valence-electron chi connectivity index (χ0n) is 14.2. The highest BCUT2D eigenvalue weighted by molar-refractivity contribution is 5.93. The minimum Gasteiger partial charge on any atom is -0.444 e. The van der Waals surface area contributed by atoms with Crippen molar-refractivity contribution in [3.63, 3.8) is 0 Å². The number of aryl methyl sites for hydroxylation is 1. The number of hydrogen-bond donors (Lipinski definition) is 1. The van der Waals surface area contributed by atoms with E-state index in [4.69, 9.17) is 4.74 Å². The maximum absolute atomic E-state index is 12.5. The van der Waals surface area contributed by atoms with Crippen molar-refractivity contribution in [1.29, 1.82) is 0 Å². The van der Waals surface area contributed by atoms with E-state index in [-0.39, 0.29) is 23.2 Å². The molecule has 7 heteroatoms. The van der Waals surface area contributed by atoms with E-state index in [1.165, 1.54) is 18.2 Å². The van der Waals surface area contributed by atoms with E-state index >= 15 is 0 Å². The average molecular weight is 354 g/mol. The first-order valence-electron chi connectivity index (χ1n) is 8.27. The molecular formula is C19H18N2O5. The molecule has 1 aliphatic carbocycles. The van der Waals surface area contributed by atoms with Crippen molar-refractivity contribution in [3.8, 4) is 0 Å². The highest BCUT2D eigenvalue weighted by atomic mass is 16.6. The van der Waals surface area contributed by atoms with Crippen LogP contribution in [-0.4, -0.2) is 22.8 Å². The van der Waals surface area contributed by atoms with Gasteiger partial charge in [0.05, 0.1) is 10.5 Å². The number of carbonyl (C=O) groups excluding carboxylic acids is 2. The Bertz CT molecular complexity index is 846. The fraction of sp³-hybridized carbons (Fsp3) is 0.263. The zero-order valence-corrected chi connectivity index (χ0v) is 14.2. The first-order chi connectivity index (χ1) is 12.5. The Morgan fingerprint density at radius 1 is 1.19 bits per heavy atom. The molecule has 1 N–H and O–H groups in total. The van der Waals surface area contributed by atoms with E-state index in [1.807, 2.05) is 0 Å². The second-order valence-corrected chi connectivity index (χ2v) is 6.24. The third-order valence-corrected chi connectivity index (χ3v) is 4.12. The molecule has 2 aromatic rings. The summed E-state index contributed by atoms with van der Waals surface area (Å²) in [6.07, 6.45) is 0.769. The Morgan fingerprint density at radius 3 is 2.46 bits per heavy atom. The molecule has 0 heterocycles. The molecule has 1 aliphatic rings. The van der Waals surface area contributed by atoms with Crippen molar-refractivity contribution in [2.45, 2.75) is 31.9 Å². The van der Waals surface area contributed by atoms with Crippen molar-refractivity contribution < 1.29 is 19.2 Å². The fourth-order valence-electron chi connectivity index (χ4n) is 2.57. The number of nitro groups is 1. The van der Waals surface area contributed by atoms with Gasteiger partial charge in [0, 0.05) is 23.2 Å². The summed E-state index contributed by atoms with van der Waals surface area (Å²) in [5, 5.41) is 13.7. The fourth-order valence-corrected chi connectivity index (χ4v) is 2.57. The van der Waals surface area contributed by atoms with Gasteiger partial charge < -0.3 is 10.1 Å². The normalized spacial score (nSPS) is 14.3. The summed E-state index contributed by atoms with van der Waals surface area (Å²) in [6.45, 7) is 1.55. The monoisotopic (exact) mass is 354 g/mol. The van der Waals surface area contributed by atoms with Gasteiger partial charge in [-0.05, 0) is 31.9 Å². The summed E-state index contributed by atoms with van der Waals surface area (Å²) in [4.78, 5) is 35.4. The maximum atomic E-state index is 12.5. The topological polar surface area (TPSA) is 98.5 Å². The number of hydrogen-bond acceptors (Lipinski definition) is 5. The van der Waals surface area contributed by atoms with E-state index in [2.05, 4.69) is 5.32 Å². The van der Waals surface area contributed by atoms with Crippen LogP contribution in [0.3, 0.4) is 0 Å².